The van der Waals surface area contributed by atoms with Crippen molar-refractivity contribution in [3.8, 4) is 0 Å². The summed E-state index contributed by atoms with van der Waals surface area (Å²) in [6.45, 7) is 6.54. The fourth-order valence-corrected chi connectivity index (χ4v) is 2.73. The Hall–Kier alpha value is -1.55. The van der Waals surface area contributed by atoms with Crippen LogP contribution in [-0.4, -0.2) is 37.0 Å². The lowest BCUT2D eigenvalue weighted by Gasteiger charge is -2.32. The number of nitrogens with zero attached hydrogens (tertiary/aromatic N) is 1. The zero-order valence-electron chi connectivity index (χ0n) is 13.3. The lowest BCUT2D eigenvalue weighted by molar-refractivity contribution is -0.132. The van der Waals surface area contributed by atoms with Gasteiger partial charge in [-0.2, -0.15) is 0 Å². The summed E-state index contributed by atoms with van der Waals surface area (Å²) < 4.78 is 5.14. The average molecular weight is 290 g/mol. The Morgan fingerprint density at radius 2 is 2.14 bits per heavy atom. The minimum absolute atomic E-state index is 0.194. The molecule has 0 aliphatic carbocycles. The Labute approximate surface area is 127 Å². The fraction of sp³-hybridized carbons (Fsp3) is 0.588. The Bertz CT molecular complexity index is 468. The van der Waals surface area contributed by atoms with Crippen molar-refractivity contribution < 1.29 is 9.53 Å². The van der Waals surface area contributed by atoms with E-state index in [2.05, 4.69) is 12.2 Å². The van der Waals surface area contributed by atoms with Crippen molar-refractivity contribution in [3.05, 3.63) is 29.8 Å². The zero-order valence-corrected chi connectivity index (χ0v) is 13.3. The lowest BCUT2D eigenvalue weighted by atomic mass is 9.99. The third kappa shape index (κ3) is 4.46. The van der Waals surface area contributed by atoms with E-state index in [9.17, 15) is 4.79 Å². The number of rotatable bonds is 5. The molecule has 0 aromatic heterocycles. The molecule has 1 aliphatic heterocycles. The summed E-state index contributed by atoms with van der Waals surface area (Å²) in [7, 11) is 1.68. The van der Waals surface area contributed by atoms with Crippen LogP contribution in [0.2, 0.25) is 0 Å². The molecular formula is C17H26N2O2. The molecule has 0 bridgehead atoms. The van der Waals surface area contributed by atoms with E-state index in [1.165, 1.54) is 0 Å². The SMILES string of the molecule is COCc1cccc(N[C@@H](C)C(=O)N2CCC(C)CC2)c1. The van der Waals surface area contributed by atoms with Crippen molar-refractivity contribution in [1.82, 2.24) is 4.90 Å². The molecule has 1 aromatic carbocycles. The maximum atomic E-state index is 12.5. The number of nitrogens with one attached hydrogen (secondary N) is 1. The average Bonchev–Trinajstić information content (AvgIpc) is 2.48. The summed E-state index contributed by atoms with van der Waals surface area (Å²) in [5, 5.41) is 3.30. The van der Waals surface area contributed by atoms with Crippen LogP contribution in [0, 0.1) is 5.92 Å². The Balaban J connectivity index is 1.92. The van der Waals surface area contributed by atoms with Gasteiger partial charge in [0.2, 0.25) is 5.91 Å². The van der Waals surface area contributed by atoms with Crippen LogP contribution in [0.1, 0.15) is 32.3 Å². The summed E-state index contributed by atoms with van der Waals surface area (Å²) in [5.74, 6) is 0.932. The first kappa shape index (κ1) is 15.8. The molecule has 1 aliphatic rings. The third-order valence-electron chi connectivity index (χ3n) is 4.09. The number of amides is 1. The molecule has 116 valence electrons. The van der Waals surface area contributed by atoms with Gasteiger partial charge in [-0.15, -0.1) is 0 Å². The number of hydrogen-bond acceptors (Lipinski definition) is 3. The molecule has 1 aromatic rings. The molecule has 1 N–H and O–H groups in total. The van der Waals surface area contributed by atoms with Gasteiger partial charge in [-0.25, -0.2) is 0 Å². The number of methoxy groups -OCH3 is 1. The van der Waals surface area contributed by atoms with Crippen molar-refractivity contribution in [2.45, 2.75) is 39.3 Å². The smallest absolute Gasteiger partial charge is 0.244 e. The van der Waals surface area contributed by atoms with Gasteiger partial charge in [-0.05, 0) is 43.4 Å². The summed E-state index contributed by atoms with van der Waals surface area (Å²) >= 11 is 0. The molecule has 1 atom stereocenters. The van der Waals surface area contributed by atoms with Gasteiger partial charge >= 0.3 is 0 Å². The van der Waals surface area contributed by atoms with Crippen molar-refractivity contribution >= 4 is 11.6 Å². The second kappa shape index (κ2) is 7.46. The monoisotopic (exact) mass is 290 g/mol. The molecule has 4 heteroatoms. The lowest BCUT2D eigenvalue weighted by Crippen LogP contribution is -2.45. The molecule has 4 nitrogen and oxygen atoms in total. The second-order valence-corrected chi connectivity index (χ2v) is 6.01. The molecule has 1 fully saturated rings. The van der Waals surface area contributed by atoms with Crippen LogP contribution >= 0.6 is 0 Å². The number of carbonyl (C=O) groups is 1. The molecule has 1 saturated heterocycles. The van der Waals surface area contributed by atoms with Crippen LogP contribution < -0.4 is 5.32 Å². The molecule has 0 unspecified atom stereocenters. The second-order valence-electron chi connectivity index (χ2n) is 6.01. The van der Waals surface area contributed by atoms with Gasteiger partial charge < -0.3 is 15.0 Å². The Kier molecular flexibility index (Phi) is 5.62. The van der Waals surface area contributed by atoms with E-state index in [0.29, 0.717) is 6.61 Å². The molecule has 0 saturated carbocycles. The molecule has 0 radical (unpaired) electrons. The molecular weight excluding hydrogens is 264 g/mol. The largest absolute Gasteiger partial charge is 0.380 e. The normalized spacial score (nSPS) is 17.6. The van der Waals surface area contributed by atoms with Crippen LogP contribution in [0.15, 0.2) is 24.3 Å². The van der Waals surface area contributed by atoms with Gasteiger partial charge in [0.1, 0.15) is 6.04 Å². The van der Waals surface area contributed by atoms with E-state index in [1.54, 1.807) is 7.11 Å². The van der Waals surface area contributed by atoms with Gasteiger partial charge in [-0.3, -0.25) is 4.79 Å². The predicted molar refractivity (Wildman–Crippen MR) is 85.2 cm³/mol. The third-order valence-corrected chi connectivity index (χ3v) is 4.09. The Morgan fingerprint density at radius 3 is 2.81 bits per heavy atom. The highest BCUT2D eigenvalue weighted by atomic mass is 16.5. The fourth-order valence-electron chi connectivity index (χ4n) is 2.73. The number of likely N-dealkylation sites (tertiary alicyclic amines) is 1. The van der Waals surface area contributed by atoms with E-state index in [4.69, 9.17) is 4.74 Å². The summed E-state index contributed by atoms with van der Waals surface area (Å²) in [5.41, 5.74) is 2.07. The first-order valence-electron chi connectivity index (χ1n) is 7.73. The van der Waals surface area contributed by atoms with E-state index in [1.807, 2.05) is 36.1 Å². The highest BCUT2D eigenvalue weighted by Crippen LogP contribution is 2.18. The first-order valence-corrected chi connectivity index (χ1v) is 7.73. The van der Waals surface area contributed by atoms with Gasteiger partial charge in [0, 0.05) is 25.9 Å². The standard InChI is InChI=1S/C17H26N2O2/c1-13-7-9-19(10-8-13)17(20)14(2)18-16-6-4-5-15(11-16)12-21-3/h4-6,11,13-14,18H,7-10,12H2,1-3H3/t14-/m0/s1. The van der Waals surface area contributed by atoms with Crippen LogP contribution in [-0.2, 0) is 16.1 Å². The number of carbonyl (C=O) groups excluding carboxylic acids is 1. The number of benzene rings is 1. The molecule has 1 amide bonds. The Morgan fingerprint density at radius 1 is 1.43 bits per heavy atom. The first-order chi connectivity index (χ1) is 10.1. The summed E-state index contributed by atoms with van der Waals surface area (Å²) in [4.78, 5) is 14.4. The minimum atomic E-state index is -0.198. The van der Waals surface area contributed by atoms with Crippen LogP contribution in [0.4, 0.5) is 5.69 Å². The van der Waals surface area contributed by atoms with Gasteiger partial charge in [0.25, 0.3) is 0 Å². The maximum absolute atomic E-state index is 12.5. The van der Waals surface area contributed by atoms with Crippen LogP contribution in [0.5, 0.6) is 0 Å². The number of anilines is 1. The molecule has 1 heterocycles. The zero-order chi connectivity index (χ0) is 15.2. The van der Waals surface area contributed by atoms with E-state index in [0.717, 1.165) is 43.1 Å². The van der Waals surface area contributed by atoms with Gasteiger partial charge in [0.15, 0.2) is 0 Å². The van der Waals surface area contributed by atoms with Crippen molar-refractivity contribution in [1.29, 1.82) is 0 Å². The molecule has 21 heavy (non-hydrogen) atoms. The van der Waals surface area contributed by atoms with Crippen molar-refractivity contribution in [2.24, 2.45) is 5.92 Å². The summed E-state index contributed by atoms with van der Waals surface area (Å²) in [6.07, 6.45) is 2.23. The van der Waals surface area contributed by atoms with Crippen molar-refractivity contribution in [3.63, 3.8) is 0 Å². The maximum Gasteiger partial charge on any atom is 0.244 e. The molecule has 2 rings (SSSR count). The van der Waals surface area contributed by atoms with Gasteiger partial charge in [0.05, 0.1) is 6.61 Å². The topological polar surface area (TPSA) is 41.6 Å². The highest BCUT2D eigenvalue weighted by Gasteiger charge is 2.24. The van der Waals surface area contributed by atoms with Gasteiger partial charge in [-0.1, -0.05) is 19.1 Å². The highest BCUT2D eigenvalue weighted by molar-refractivity contribution is 5.84. The van der Waals surface area contributed by atoms with Crippen molar-refractivity contribution in [2.75, 3.05) is 25.5 Å². The number of piperidine rings is 1. The number of ether oxygens (including phenoxy) is 1. The minimum Gasteiger partial charge on any atom is -0.380 e. The van der Waals surface area contributed by atoms with E-state index < -0.39 is 0 Å². The van der Waals surface area contributed by atoms with Crippen LogP contribution in [0.3, 0.4) is 0 Å². The summed E-state index contributed by atoms with van der Waals surface area (Å²) in [6, 6.07) is 7.83. The van der Waals surface area contributed by atoms with E-state index >= 15 is 0 Å². The molecule has 0 spiro atoms. The predicted octanol–water partition coefficient (Wildman–Crippen LogP) is 2.89. The quantitative estimate of drug-likeness (QED) is 0.906. The number of hydrogen-bond donors (Lipinski definition) is 1. The van der Waals surface area contributed by atoms with E-state index in [-0.39, 0.29) is 11.9 Å². The van der Waals surface area contributed by atoms with Crippen LogP contribution in [0.25, 0.3) is 0 Å².